The lowest BCUT2D eigenvalue weighted by atomic mass is 9.86. The Balaban J connectivity index is 2.05. The van der Waals surface area contributed by atoms with Gasteiger partial charge in [0.1, 0.15) is 24.4 Å². The quantitative estimate of drug-likeness (QED) is 0.371. The highest BCUT2D eigenvalue weighted by Gasteiger charge is 2.47. The lowest BCUT2D eigenvalue weighted by Crippen LogP contribution is -2.65. The molecular formula is C20H38N2O5S. The Morgan fingerprint density at radius 1 is 1.21 bits per heavy atom. The van der Waals surface area contributed by atoms with Crippen molar-refractivity contribution in [3.05, 3.63) is 0 Å². The summed E-state index contributed by atoms with van der Waals surface area (Å²) in [5, 5.41) is 37.5. The third-order valence-corrected chi connectivity index (χ3v) is 6.62. The molecule has 0 aliphatic carbocycles. The maximum atomic E-state index is 12.8. The van der Waals surface area contributed by atoms with Crippen molar-refractivity contribution in [3.63, 3.8) is 0 Å². The zero-order valence-electron chi connectivity index (χ0n) is 17.5. The fourth-order valence-corrected chi connectivity index (χ4v) is 4.75. The van der Waals surface area contributed by atoms with Crippen molar-refractivity contribution in [1.29, 1.82) is 0 Å². The summed E-state index contributed by atoms with van der Waals surface area (Å²) in [6.45, 7) is 6.91. The number of rotatable bonds is 9. The van der Waals surface area contributed by atoms with Gasteiger partial charge in [0.2, 0.25) is 5.91 Å². The van der Waals surface area contributed by atoms with Gasteiger partial charge in [-0.3, -0.25) is 4.79 Å². The van der Waals surface area contributed by atoms with Crippen LogP contribution in [0.5, 0.6) is 0 Å². The summed E-state index contributed by atoms with van der Waals surface area (Å²) in [5.41, 5.74) is 0. The minimum Gasteiger partial charge on any atom is -0.388 e. The van der Waals surface area contributed by atoms with Gasteiger partial charge in [-0.2, -0.15) is 11.8 Å². The van der Waals surface area contributed by atoms with E-state index in [1.807, 2.05) is 20.1 Å². The zero-order chi connectivity index (χ0) is 20.8. The molecule has 0 bridgehead atoms. The molecule has 2 rings (SSSR count). The minimum absolute atomic E-state index is 0.0000785. The van der Waals surface area contributed by atoms with Gasteiger partial charge < -0.3 is 30.7 Å². The summed E-state index contributed by atoms with van der Waals surface area (Å²) in [5.74, 6) is 1.21. The first kappa shape index (κ1) is 23.9. The first-order valence-corrected chi connectivity index (χ1v) is 11.9. The maximum Gasteiger partial charge on any atom is 0.237 e. The van der Waals surface area contributed by atoms with Crippen LogP contribution >= 0.6 is 11.8 Å². The molecule has 2 aliphatic heterocycles. The first-order chi connectivity index (χ1) is 13.3. The SMILES string of the molecule is CCCC1CNC(C(=O)NC(C(C)C)C2OC(CCSC)C(O)C(O)C2O)C1. The van der Waals surface area contributed by atoms with Crippen LogP contribution in [0.15, 0.2) is 0 Å². The van der Waals surface area contributed by atoms with Gasteiger partial charge in [-0.25, -0.2) is 0 Å². The topological polar surface area (TPSA) is 111 Å². The monoisotopic (exact) mass is 418 g/mol. The van der Waals surface area contributed by atoms with Crippen molar-refractivity contribution >= 4 is 17.7 Å². The normalized spacial score (nSPS) is 37.2. The number of hydrogen-bond acceptors (Lipinski definition) is 7. The molecule has 0 aromatic heterocycles. The molecule has 2 saturated heterocycles. The molecule has 28 heavy (non-hydrogen) atoms. The van der Waals surface area contributed by atoms with Gasteiger partial charge in [-0.15, -0.1) is 0 Å². The predicted octanol–water partition coefficient (Wildman–Crippen LogP) is 0.509. The minimum atomic E-state index is -1.29. The highest BCUT2D eigenvalue weighted by atomic mass is 32.2. The van der Waals surface area contributed by atoms with Gasteiger partial charge in [0, 0.05) is 0 Å². The number of thioether (sulfide) groups is 1. The molecular weight excluding hydrogens is 380 g/mol. The number of amides is 1. The van der Waals surface area contributed by atoms with E-state index in [1.54, 1.807) is 11.8 Å². The summed E-state index contributed by atoms with van der Waals surface area (Å²) in [6.07, 6.45) is 0.573. The van der Waals surface area contributed by atoms with Gasteiger partial charge in [-0.1, -0.05) is 27.2 Å². The van der Waals surface area contributed by atoms with Gasteiger partial charge in [-0.05, 0) is 49.7 Å². The van der Waals surface area contributed by atoms with E-state index in [1.165, 1.54) is 0 Å². The third kappa shape index (κ3) is 5.83. The van der Waals surface area contributed by atoms with E-state index in [4.69, 9.17) is 4.74 Å². The molecule has 5 N–H and O–H groups in total. The molecule has 8 unspecified atom stereocenters. The molecule has 2 heterocycles. The molecule has 0 aromatic carbocycles. The highest BCUT2D eigenvalue weighted by molar-refractivity contribution is 7.98. The summed E-state index contributed by atoms with van der Waals surface area (Å²) in [4.78, 5) is 12.8. The number of carbonyl (C=O) groups excluding carboxylic acids is 1. The van der Waals surface area contributed by atoms with Crippen molar-refractivity contribution in [2.75, 3.05) is 18.6 Å². The molecule has 164 valence electrons. The second kappa shape index (κ2) is 11.1. The average molecular weight is 419 g/mol. The fraction of sp³-hybridized carbons (Fsp3) is 0.950. The van der Waals surface area contributed by atoms with E-state index in [-0.39, 0.29) is 17.9 Å². The van der Waals surface area contributed by atoms with Gasteiger partial charge >= 0.3 is 0 Å². The second-order valence-corrected chi connectivity index (χ2v) is 9.51. The van der Waals surface area contributed by atoms with E-state index in [9.17, 15) is 20.1 Å². The Bertz CT molecular complexity index is 495. The zero-order valence-corrected chi connectivity index (χ0v) is 18.3. The summed E-state index contributed by atoms with van der Waals surface area (Å²) >= 11 is 1.63. The van der Waals surface area contributed by atoms with Crippen LogP contribution in [0, 0.1) is 11.8 Å². The maximum absolute atomic E-state index is 12.8. The van der Waals surface area contributed by atoms with E-state index in [0.29, 0.717) is 12.3 Å². The highest BCUT2D eigenvalue weighted by Crippen LogP contribution is 2.28. The van der Waals surface area contributed by atoms with Crippen LogP contribution in [-0.4, -0.2) is 82.4 Å². The molecule has 2 fully saturated rings. The molecule has 8 heteroatoms. The number of carbonyl (C=O) groups is 1. The Kier molecular flexibility index (Phi) is 9.50. The van der Waals surface area contributed by atoms with Gasteiger partial charge in [0.15, 0.2) is 0 Å². The van der Waals surface area contributed by atoms with Crippen LogP contribution in [0.3, 0.4) is 0 Å². The lowest BCUT2D eigenvalue weighted by Gasteiger charge is -2.45. The molecule has 2 aliphatic rings. The van der Waals surface area contributed by atoms with E-state index in [0.717, 1.165) is 31.6 Å². The van der Waals surface area contributed by atoms with Crippen LogP contribution in [0.25, 0.3) is 0 Å². The molecule has 0 spiro atoms. The van der Waals surface area contributed by atoms with Crippen molar-refractivity contribution in [1.82, 2.24) is 10.6 Å². The molecule has 1 amide bonds. The summed E-state index contributed by atoms with van der Waals surface area (Å²) in [7, 11) is 0. The molecule has 0 saturated carbocycles. The molecule has 0 aromatic rings. The van der Waals surface area contributed by atoms with E-state index < -0.39 is 36.6 Å². The summed E-state index contributed by atoms with van der Waals surface area (Å²) < 4.78 is 6.02. The van der Waals surface area contributed by atoms with Gasteiger partial charge in [0.05, 0.1) is 18.2 Å². The molecule has 8 atom stereocenters. The van der Waals surface area contributed by atoms with Crippen molar-refractivity contribution in [2.24, 2.45) is 11.8 Å². The van der Waals surface area contributed by atoms with Crippen LogP contribution in [-0.2, 0) is 9.53 Å². The lowest BCUT2D eigenvalue weighted by molar-refractivity contribution is -0.231. The Hall–Kier alpha value is -0.380. The largest absolute Gasteiger partial charge is 0.388 e. The van der Waals surface area contributed by atoms with Crippen molar-refractivity contribution < 1.29 is 24.9 Å². The van der Waals surface area contributed by atoms with Gasteiger partial charge in [0.25, 0.3) is 0 Å². The number of aliphatic hydroxyl groups excluding tert-OH is 3. The van der Waals surface area contributed by atoms with Crippen LogP contribution in [0.4, 0.5) is 0 Å². The van der Waals surface area contributed by atoms with Crippen molar-refractivity contribution in [3.8, 4) is 0 Å². The van der Waals surface area contributed by atoms with Crippen LogP contribution < -0.4 is 10.6 Å². The number of ether oxygens (including phenoxy) is 1. The summed E-state index contributed by atoms with van der Waals surface area (Å²) in [6, 6.07) is -0.685. The van der Waals surface area contributed by atoms with Crippen LogP contribution in [0.1, 0.15) is 46.5 Å². The Labute approximate surface area is 173 Å². The fourth-order valence-electron chi connectivity index (χ4n) is 4.28. The Morgan fingerprint density at radius 3 is 2.54 bits per heavy atom. The van der Waals surface area contributed by atoms with E-state index >= 15 is 0 Å². The number of hydrogen-bond donors (Lipinski definition) is 5. The standard InChI is InChI=1S/C20H38N2O5S/c1-5-6-12-9-13(21-10-12)20(26)22-15(11(2)3)19-18(25)17(24)16(23)14(27-19)7-8-28-4/h11-19,21,23-25H,5-10H2,1-4H3,(H,22,26). The molecule has 7 nitrogen and oxygen atoms in total. The number of aliphatic hydroxyl groups is 3. The predicted molar refractivity (Wildman–Crippen MR) is 111 cm³/mol. The van der Waals surface area contributed by atoms with Crippen molar-refractivity contribution in [2.45, 2.75) is 89.1 Å². The first-order valence-electron chi connectivity index (χ1n) is 10.5. The number of nitrogens with one attached hydrogen (secondary N) is 2. The Morgan fingerprint density at radius 2 is 1.93 bits per heavy atom. The molecule has 0 radical (unpaired) electrons. The van der Waals surface area contributed by atoms with Crippen LogP contribution in [0.2, 0.25) is 0 Å². The van der Waals surface area contributed by atoms with E-state index in [2.05, 4.69) is 17.6 Å². The smallest absolute Gasteiger partial charge is 0.237 e. The second-order valence-electron chi connectivity index (χ2n) is 8.52. The third-order valence-electron chi connectivity index (χ3n) is 5.97. The average Bonchev–Trinajstić information content (AvgIpc) is 3.13.